The van der Waals surface area contributed by atoms with E-state index in [1.807, 2.05) is 0 Å². The molecule has 7 rings (SSSR count). The van der Waals surface area contributed by atoms with Gasteiger partial charge in [-0.2, -0.15) is 18.4 Å². The van der Waals surface area contributed by atoms with Gasteiger partial charge in [-0.15, -0.1) is 5.10 Å². The molecular weight excluding hydrogens is 645 g/mol. The predicted molar refractivity (Wildman–Crippen MR) is 167 cm³/mol. The molecule has 1 saturated heterocycles. The standard InChI is InChI=1S/C34H41F3N6O6/c1-32(2)30(45)43(27-4-3-25(19-38)28(14-27)34(35,36)37)31(46)42(32)21-26-20-41(40-39-26)5-6-47-7-8-48-9-10-49-29(44)18-33-15-22-11-23(16-33)13-24(12-22)17-33/h3-4,14,20,22-24H,5-13,15-18,21H2,1-2H3. The number of alkyl halides is 3. The molecule has 4 bridgehead atoms. The van der Waals surface area contributed by atoms with E-state index >= 15 is 0 Å². The first-order valence-electron chi connectivity index (χ1n) is 16.8. The number of esters is 1. The van der Waals surface area contributed by atoms with E-state index in [2.05, 4.69) is 10.3 Å². The summed E-state index contributed by atoms with van der Waals surface area (Å²) in [5.74, 6) is 1.55. The first-order valence-corrected chi connectivity index (χ1v) is 16.8. The van der Waals surface area contributed by atoms with Crippen molar-refractivity contribution in [2.24, 2.45) is 23.2 Å². The minimum absolute atomic E-state index is 0.113. The fraction of sp³-hybridized carbons (Fsp3) is 0.647. The van der Waals surface area contributed by atoms with Crippen LogP contribution < -0.4 is 4.90 Å². The van der Waals surface area contributed by atoms with E-state index in [1.54, 1.807) is 6.20 Å². The van der Waals surface area contributed by atoms with Crippen molar-refractivity contribution in [3.8, 4) is 6.07 Å². The Bertz CT molecular complexity index is 1580. The first kappa shape index (κ1) is 34.8. The highest BCUT2D eigenvalue weighted by Gasteiger charge is 2.53. The van der Waals surface area contributed by atoms with E-state index in [0.29, 0.717) is 56.1 Å². The molecular formula is C34H41F3N6O6. The highest BCUT2D eigenvalue weighted by atomic mass is 19.4. The number of hydrogen-bond acceptors (Lipinski definition) is 9. The normalized spacial score (nSPS) is 25.7. The molecule has 1 aliphatic heterocycles. The van der Waals surface area contributed by atoms with Crippen LogP contribution in [0.15, 0.2) is 24.4 Å². The molecule has 5 fully saturated rings. The number of carbonyl (C=O) groups is 3. The number of nitrogens with zero attached hydrogens (tertiary/aromatic N) is 6. The van der Waals surface area contributed by atoms with Gasteiger partial charge in [0.25, 0.3) is 5.91 Å². The quantitative estimate of drug-likeness (QED) is 0.151. The lowest BCUT2D eigenvalue weighted by Gasteiger charge is -2.56. The van der Waals surface area contributed by atoms with Crippen molar-refractivity contribution in [2.75, 3.05) is 37.9 Å². The Morgan fingerprint density at radius 3 is 2.27 bits per heavy atom. The number of hydrogen-bond donors (Lipinski definition) is 0. The number of imide groups is 1. The highest BCUT2D eigenvalue weighted by Crippen LogP contribution is 2.61. The predicted octanol–water partition coefficient (Wildman–Crippen LogP) is 5.10. The lowest BCUT2D eigenvalue weighted by molar-refractivity contribution is -0.153. The van der Waals surface area contributed by atoms with Gasteiger partial charge >= 0.3 is 18.2 Å². The number of rotatable bonds is 14. The van der Waals surface area contributed by atoms with E-state index in [1.165, 1.54) is 68.0 Å². The molecule has 0 spiro atoms. The Hall–Kier alpha value is -4.03. The summed E-state index contributed by atoms with van der Waals surface area (Å²) in [5.41, 5.74) is -2.98. The van der Waals surface area contributed by atoms with Crippen LogP contribution in [0.3, 0.4) is 0 Å². The van der Waals surface area contributed by atoms with Crippen molar-refractivity contribution in [3.05, 3.63) is 41.2 Å². The Labute approximate surface area is 282 Å². The van der Waals surface area contributed by atoms with E-state index in [0.717, 1.165) is 29.9 Å². The topological polar surface area (TPSA) is 140 Å². The molecule has 0 N–H and O–H groups in total. The van der Waals surface area contributed by atoms with Crippen molar-refractivity contribution < 1.29 is 41.8 Å². The molecule has 12 nitrogen and oxygen atoms in total. The second-order valence-electron chi connectivity index (χ2n) is 14.4. The van der Waals surface area contributed by atoms with Crippen LogP contribution in [0.25, 0.3) is 0 Å². The Morgan fingerprint density at radius 1 is 1.00 bits per heavy atom. The zero-order valence-corrected chi connectivity index (χ0v) is 27.7. The minimum atomic E-state index is -4.85. The lowest BCUT2D eigenvalue weighted by Crippen LogP contribution is -2.47. The average molecular weight is 687 g/mol. The van der Waals surface area contributed by atoms with Gasteiger partial charge in [-0.05, 0) is 93.7 Å². The molecule has 1 aromatic carbocycles. The summed E-state index contributed by atoms with van der Waals surface area (Å²) in [4.78, 5) is 41.0. The Kier molecular flexibility index (Phi) is 9.74. The molecule has 3 amide bonds. The first-order chi connectivity index (χ1) is 23.3. The van der Waals surface area contributed by atoms with Crippen LogP contribution in [0.4, 0.5) is 23.7 Å². The fourth-order valence-electron chi connectivity index (χ4n) is 8.57. The summed E-state index contributed by atoms with van der Waals surface area (Å²) in [7, 11) is 0. The molecule has 264 valence electrons. The maximum absolute atomic E-state index is 13.5. The molecule has 49 heavy (non-hydrogen) atoms. The Morgan fingerprint density at radius 2 is 1.63 bits per heavy atom. The van der Waals surface area contributed by atoms with E-state index in [9.17, 15) is 27.6 Å². The van der Waals surface area contributed by atoms with Gasteiger partial charge in [-0.1, -0.05) is 5.21 Å². The number of urea groups is 1. The molecule has 4 saturated carbocycles. The Balaban J connectivity index is 0.896. The minimum Gasteiger partial charge on any atom is -0.463 e. The van der Waals surface area contributed by atoms with Crippen molar-refractivity contribution in [1.29, 1.82) is 5.26 Å². The second kappa shape index (κ2) is 13.7. The highest BCUT2D eigenvalue weighted by molar-refractivity contribution is 6.23. The van der Waals surface area contributed by atoms with Gasteiger partial charge in [0.05, 0.1) is 75.0 Å². The van der Waals surface area contributed by atoms with Crippen molar-refractivity contribution in [3.63, 3.8) is 0 Å². The zero-order chi connectivity index (χ0) is 35.0. The van der Waals surface area contributed by atoms with Crippen LogP contribution in [-0.4, -0.2) is 76.4 Å². The molecule has 0 radical (unpaired) electrons. The van der Waals surface area contributed by atoms with Gasteiger partial charge in [0, 0.05) is 0 Å². The number of amides is 3. The van der Waals surface area contributed by atoms with Crippen LogP contribution in [0.2, 0.25) is 0 Å². The maximum atomic E-state index is 13.5. The summed E-state index contributed by atoms with van der Waals surface area (Å²) in [5, 5.41) is 17.2. The molecule has 2 heterocycles. The molecule has 0 unspecified atom stereocenters. The number of benzene rings is 1. The lowest BCUT2D eigenvalue weighted by atomic mass is 9.49. The number of carbonyl (C=O) groups excluding carboxylic acids is 3. The van der Waals surface area contributed by atoms with E-state index in [-0.39, 0.29) is 30.2 Å². The molecule has 1 aromatic heterocycles. The number of ether oxygens (including phenoxy) is 3. The van der Waals surface area contributed by atoms with Crippen molar-refractivity contribution >= 4 is 23.6 Å². The maximum Gasteiger partial charge on any atom is 0.417 e. The number of nitriles is 1. The van der Waals surface area contributed by atoms with E-state index < -0.39 is 34.8 Å². The third kappa shape index (κ3) is 7.45. The molecule has 4 aliphatic carbocycles. The van der Waals surface area contributed by atoms with Gasteiger partial charge < -0.3 is 19.1 Å². The summed E-state index contributed by atoms with van der Waals surface area (Å²) in [6.07, 6.45) is 4.82. The van der Waals surface area contributed by atoms with Gasteiger partial charge in [0.2, 0.25) is 0 Å². The van der Waals surface area contributed by atoms with E-state index in [4.69, 9.17) is 19.5 Å². The van der Waals surface area contributed by atoms with Crippen LogP contribution in [0.1, 0.15) is 75.6 Å². The smallest absolute Gasteiger partial charge is 0.417 e. The van der Waals surface area contributed by atoms with Crippen LogP contribution >= 0.6 is 0 Å². The second-order valence-corrected chi connectivity index (χ2v) is 14.4. The SMILES string of the molecule is CC1(C)C(=O)N(c2ccc(C#N)c(C(F)(F)F)c2)C(=O)N1Cc1cn(CCOCCOCCOC(=O)CC23CC4CC(CC(C4)C2)C3)nn1. The average Bonchev–Trinajstić information content (AvgIpc) is 3.54. The summed E-state index contributed by atoms with van der Waals surface area (Å²) < 4.78 is 58.8. The van der Waals surface area contributed by atoms with Crippen molar-refractivity contribution in [1.82, 2.24) is 19.9 Å². The van der Waals surface area contributed by atoms with Gasteiger partial charge in [0.1, 0.15) is 17.8 Å². The number of halogens is 3. The summed E-state index contributed by atoms with van der Waals surface area (Å²) in [6, 6.07) is 3.39. The molecule has 0 atom stereocenters. The zero-order valence-electron chi connectivity index (χ0n) is 27.7. The van der Waals surface area contributed by atoms with Crippen LogP contribution in [-0.2, 0) is 43.1 Å². The third-order valence-corrected chi connectivity index (χ3v) is 10.4. The molecule has 5 aliphatic rings. The van der Waals surface area contributed by atoms with Gasteiger partial charge in [-0.3, -0.25) is 9.59 Å². The molecule has 15 heteroatoms. The molecule has 2 aromatic rings. The fourth-order valence-corrected chi connectivity index (χ4v) is 8.57. The number of aromatic nitrogens is 3. The third-order valence-electron chi connectivity index (χ3n) is 10.4. The summed E-state index contributed by atoms with van der Waals surface area (Å²) in [6.45, 7) is 4.69. The van der Waals surface area contributed by atoms with Crippen LogP contribution in [0.5, 0.6) is 0 Å². The number of anilines is 1. The summed E-state index contributed by atoms with van der Waals surface area (Å²) >= 11 is 0. The van der Waals surface area contributed by atoms with Gasteiger partial charge in [0.15, 0.2) is 0 Å². The largest absolute Gasteiger partial charge is 0.463 e. The van der Waals surface area contributed by atoms with Gasteiger partial charge in [-0.25, -0.2) is 14.4 Å². The van der Waals surface area contributed by atoms with Crippen LogP contribution in [0, 0.1) is 34.5 Å². The monoisotopic (exact) mass is 686 g/mol. The van der Waals surface area contributed by atoms with Crippen molar-refractivity contribution in [2.45, 2.75) is 83.6 Å².